The second-order valence-corrected chi connectivity index (χ2v) is 4.51. The predicted octanol–water partition coefficient (Wildman–Crippen LogP) is 1.65. The Bertz CT molecular complexity index is 537. The average molecular weight is 300 g/mol. The summed E-state index contributed by atoms with van der Waals surface area (Å²) in [6, 6.07) is 2.88. The lowest BCUT2D eigenvalue weighted by molar-refractivity contribution is -0.386. The highest BCUT2D eigenvalue weighted by Crippen LogP contribution is 2.28. The minimum absolute atomic E-state index is 0.238. The Morgan fingerprint density at radius 3 is 2.71 bits per heavy atom. The lowest BCUT2D eigenvalue weighted by atomic mass is 10.0. The van der Waals surface area contributed by atoms with E-state index in [1.807, 2.05) is 0 Å². The van der Waals surface area contributed by atoms with Crippen LogP contribution in [0.1, 0.15) is 13.8 Å². The smallest absolute Gasteiger partial charge is 0.329 e. The van der Waals surface area contributed by atoms with E-state index in [1.165, 1.54) is 14.0 Å². The maximum atomic E-state index is 13.2. The summed E-state index contributed by atoms with van der Waals surface area (Å²) in [5, 5.41) is 13.7. The number of esters is 1. The molecule has 7 nitrogen and oxygen atoms in total. The van der Waals surface area contributed by atoms with Gasteiger partial charge in [-0.15, -0.1) is 0 Å². The van der Waals surface area contributed by atoms with Crippen molar-refractivity contribution < 1.29 is 23.6 Å². The summed E-state index contributed by atoms with van der Waals surface area (Å²) >= 11 is 0. The van der Waals surface area contributed by atoms with Crippen LogP contribution < -0.4 is 10.1 Å². The zero-order chi connectivity index (χ0) is 16.0. The summed E-state index contributed by atoms with van der Waals surface area (Å²) < 4.78 is 23.1. The molecule has 0 fully saturated rings. The maximum Gasteiger partial charge on any atom is 0.329 e. The molecule has 0 heterocycles. The van der Waals surface area contributed by atoms with E-state index in [0.29, 0.717) is 6.54 Å². The maximum absolute atomic E-state index is 13.2. The van der Waals surface area contributed by atoms with Crippen molar-refractivity contribution in [2.75, 3.05) is 20.3 Å². The number of halogens is 1. The molecule has 116 valence electrons. The lowest BCUT2D eigenvalue weighted by Gasteiger charge is -2.27. The molecule has 8 heteroatoms. The van der Waals surface area contributed by atoms with Crippen molar-refractivity contribution >= 4 is 11.7 Å². The molecular weight excluding hydrogens is 283 g/mol. The number of likely N-dealkylation sites (N-methyl/N-ethyl adjacent to an activating group) is 1. The number of hydrogen-bond acceptors (Lipinski definition) is 6. The van der Waals surface area contributed by atoms with Crippen LogP contribution in [0.2, 0.25) is 0 Å². The van der Waals surface area contributed by atoms with Gasteiger partial charge in [0, 0.05) is 12.1 Å². The molecule has 0 bridgehead atoms. The van der Waals surface area contributed by atoms with Crippen LogP contribution in [0, 0.1) is 15.9 Å². The third kappa shape index (κ3) is 4.12. The zero-order valence-corrected chi connectivity index (χ0v) is 12.0. The first-order valence-electron chi connectivity index (χ1n) is 6.24. The van der Waals surface area contributed by atoms with Crippen molar-refractivity contribution in [3.63, 3.8) is 0 Å². The van der Waals surface area contributed by atoms with Crippen LogP contribution in [0.25, 0.3) is 0 Å². The van der Waals surface area contributed by atoms with Crippen LogP contribution in [0.15, 0.2) is 18.2 Å². The summed E-state index contributed by atoms with van der Waals surface area (Å²) in [5.74, 6) is -1.49. The number of benzene rings is 1. The number of nitro benzene ring substituents is 1. The average Bonchev–Trinajstić information content (AvgIpc) is 2.44. The van der Waals surface area contributed by atoms with Crippen molar-refractivity contribution in [3.8, 4) is 5.75 Å². The molecule has 1 rings (SSSR count). The van der Waals surface area contributed by atoms with Crippen LogP contribution in [0.5, 0.6) is 5.75 Å². The van der Waals surface area contributed by atoms with Crippen LogP contribution in [-0.4, -0.2) is 36.7 Å². The number of carbonyl (C=O) groups is 1. The van der Waals surface area contributed by atoms with E-state index in [1.54, 1.807) is 6.92 Å². The fraction of sp³-hybridized carbons (Fsp3) is 0.462. The summed E-state index contributed by atoms with van der Waals surface area (Å²) in [6.45, 7) is 3.54. The van der Waals surface area contributed by atoms with Gasteiger partial charge in [0.15, 0.2) is 5.75 Å². The topological polar surface area (TPSA) is 90.7 Å². The molecule has 0 aliphatic heterocycles. The molecule has 0 saturated heterocycles. The third-order valence-electron chi connectivity index (χ3n) is 2.84. The van der Waals surface area contributed by atoms with Gasteiger partial charge in [-0.3, -0.25) is 15.4 Å². The molecular formula is C13H17FN2O5. The molecule has 21 heavy (non-hydrogen) atoms. The van der Waals surface area contributed by atoms with E-state index >= 15 is 0 Å². The highest BCUT2D eigenvalue weighted by Gasteiger charge is 2.35. The van der Waals surface area contributed by atoms with Gasteiger partial charge in [-0.1, -0.05) is 6.92 Å². The van der Waals surface area contributed by atoms with Gasteiger partial charge in [-0.25, -0.2) is 9.18 Å². The number of methoxy groups -OCH3 is 1. The molecule has 0 saturated carbocycles. The van der Waals surface area contributed by atoms with Crippen molar-refractivity contribution in [1.29, 1.82) is 0 Å². The summed E-state index contributed by atoms with van der Waals surface area (Å²) in [5.41, 5.74) is -1.57. The monoisotopic (exact) mass is 300 g/mol. The first kappa shape index (κ1) is 16.8. The van der Waals surface area contributed by atoms with Gasteiger partial charge in [-0.2, -0.15) is 0 Å². The summed E-state index contributed by atoms with van der Waals surface area (Å²) in [4.78, 5) is 21.9. The molecule has 1 unspecified atom stereocenters. The van der Waals surface area contributed by atoms with Gasteiger partial charge in [0.05, 0.1) is 12.0 Å². The third-order valence-corrected chi connectivity index (χ3v) is 2.84. The van der Waals surface area contributed by atoms with Gasteiger partial charge in [0.2, 0.25) is 0 Å². The van der Waals surface area contributed by atoms with Crippen LogP contribution in [0.4, 0.5) is 10.1 Å². The zero-order valence-electron chi connectivity index (χ0n) is 12.0. The van der Waals surface area contributed by atoms with Crippen LogP contribution in [-0.2, 0) is 9.53 Å². The van der Waals surface area contributed by atoms with Gasteiger partial charge in [-0.05, 0) is 19.5 Å². The van der Waals surface area contributed by atoms with Gasteiger partial charge in [0.25, 0.3) is 0 Å². The number of hydrogen-bond donors (Lipinski definition) is 1. The molecule has 1 aromatic carbocycles. The van der Waals surface area contributed by atoms with Crippen LogP contribution >= 0.6 is 0 Å². The number of rotatable bonds is 7. The number of nitro groups is 1. The Kier molecular flexibility index (Phi) is 5.60. The van der Waals surface area contributed by atoms with E-state index in [-0.39, 0.29) is 18.0 Å². The summed E-state index contributed by atoms with van der Waals surface area (Å²) in [7, 11) is 1.22. The Morgan fingerprint density at radius 2 is 2.19 bits per heavy atom. The van der Waals surface area contributed by atoms with E-state index in [2.05, 4.69) is 10.1 Å². The van der Waals surface area contributed by atoms with Crippen molar-refractivity contribution in [3.05, 3.63) is 34.1 Å². The molecule has 0 aliphatic rings. The lowest BCUT2D eigenvalue weighted by Crippen LogP contribution is -2.54. The molecule has 1 atom stereocenters. The largest absolute Gasteiger partial charge is 0.484 e. The Hall–Kier alpha value is -2.22. The fourth-order valence-corrected chi connectivity index (χ4v) is 1.77. The standard InChI is InChI=1S/C13H17FN2O5/c1-4-15-13(2,12(17)20-3)8-21-11-7-9(14)5-6-10(11)16(18)19/h5-7,15H,4,8H2,1-3H3. The van der Waals surface area contributed by atoms with Crippen molar-refractivity contribution in [2.45, 2.75) is 19.4 Å². The van der Waals surface area contributed by atoms with Crippen molar-refractivity contribution in [2.24, 2.45) is 0 Å². The quantitative estimate of drug-likeness (QED) is 0.468. The first-order valence-corrected chi connectivity index (χ1v) is 6.24. The molecule has 1 N–H and O–H groups in total. The first-order chi connectivity index (χ1) is 9.84. The fourth-order valence-electron chi connectivity index (χ4n) is 1.77. The molecule has 0 amide bonds. The SMILES string of the molecule is CCNC(C)(COc1cc(F)ccc1[N+](=O)[O-])C(=O)OC. The van der Waals surface area contributed by atoms with E-state index in [0.717, 1.165) is 18.2 Å². The van der Waals surface area contributed by atoms with E-state index < -0.39 is 22.2 Å². The Morgan fingerprint density at radius 1 is 1.52 bits per heavy atom. The summed E-state index contributed by atoms with van der Waals surface area (Å²) in [6.07, 6.45) is 0. The normalized spacial score (nSPS) is 13.3. The van der Waals surface area contributed by atoms with E-state index in [9.17, 15) is 19.3 Å². The van der Waals surface area contributed by atoms with Gasteiger partial charge < -0.3 is 9.47 Å². The predicted molar refractivity (Wildman–Crippen MR) is 72.6 cm³/mol. The molecule has 0 aliphatic carbocycles. The minimum atomic E-state index is -1.19. The highest BCUT2D eigenvalue weighted by molar-refractivity contribution is 5.80. The van der Waals surface area contributed by atoms with E-state index in [4.69, 9.17) is 4.74 Å². The molecule has 0 radical (unpaired) electrons. The second-order valence-electron chi connectivity index (χ2n) is 4.51. The number of ether oxygens (including phenoxy) is 2. The molecule has 1 aromatic rings. The molecule has 0 aromatic heterocycles. The van der Waals surface area contributed by atoms with Crippen LogP contribution in [0.3, 0.4) is 0 Å². The number of nitrogens with zero attached hydrogens (tertiary/aromatic N) is 1. The Balaban J connectivity index is 2.97. The van der Waals surface area contributed by atoms with Gasteiger partial charge >= 0.3 is 11.7 Å². The van der Waals surface area contributed by atoms with Crippen molar-refractivity contribution in [1.82, 2.24) is 5.32 Å². The number of carbonyl (C=O) groups excluding carboxylic acids is 1. The second kappa shape index (κ2) is 6.98. The Labute approximate surface area is 121 Å². The highest BCUT2D eigenvalue weighted by atomic mass is 19.1. The minimum Gasteiger partial charge on any atom is -0.484 e. The van der Waals surface area contributed by atoms with Gasteiger partial charge in [0.1, 0.15) is 18.0 Å². The molecule has 0 spiro atoms. The number of nitrogens with one attached hydrogen (secondary N) is 1.